The number of fused-ring (bicyclic) bond motifs is 2. The Morgan fingerprint density at radius 3 is 2.52 bits per heavy atom. The average molecular weight is 435 g/mol. The number of ether oxygens (including phenoxy) is 2. The number of amides is 3. The van der Waals surface area contributed by atoms with Crippen molar-refractivity contribution in [2.45, 2.75) is 57.4 Å². The highest BCUT2D eigenvalue weighted by Gasteiger charge is 2.50. The number of carbonyl (C=O) groups excluding carboxylic acids is 4. The summed E-state index contributed by atoms with van der Waals surface area (Å²) in [6, 6.07) is -2.22. The molecular formula is C16H25N3O9S. The van der Waals surface area contributed by atoms with Crippen molar-refractivity contribution in [3.63, 3.8) is 0 Å². The van der Waals surface area contributed by atoms with Crippen molar-refractivity contribution < 1.29 is 41.4 Å². The van der Waals surface area contributed by atoms with E-state index >= 15 is 0 Å². The van der Waals surface area contributed by atoms with Gasteiger partial charge in [0.15, 0.2) is 12.0 Å². The fraction of sp³-hybridized carbons (Fsp3) is 0.750. The Morgan fingerprint density at radius 2 is 1.90 bits per heavy atom. The number of nitrogens with one attached hydrogen (secondary N) is 1. The molecule has 2 aliphatic heterocycles. The zero-order valence-corrected chi connectivity index (χ0v) is 17.3. The summed E-state index contributed by atoms with van der Waals surface area (Å²) in [6.07, 6.45) is 0.756. The molecule has 2 bridgehead atoms. The van der Waals surface area contributed by atoms with Crippen LogP contribution in [0.5, 0.6) is 0 Å². The normalized spacial score (nSPS) is 22.2. The molecule has 1 N–H and O–H groups in total. The van der Waals surface area contributed by atoms with E-state index in [0.29, 0.717) is 11.5 Å². The van der Waals surface area contributed by atoms with E-state index in [1.807, 2.05) is 0 Å². The molecule has 0 saturated carbocycles. The summed E-state index contributed by atoms with van der Waals surface area (Å²) in [6.45, 7) is 4.02. The molecule has 3 atom stereocenters. The highest BCUT2D eigenvalue weighted by atomic mass is 32.2. The summed E-state index contributed by atoms with van der Waals surface area (Å²) in [7, 11) is -4.46. The minimum atomic E-state index is -4.46. The average Bonchev–Trinajstić information content (AvgIpc) is 2.91. The lowest BCUT2D eigenvalue weighted by atomic mass is 10.0. The van der Waals surface area contributed by atoms with Gasteiger partial charge in [0, 0.05) is 13.0 Å². The number of rotatable bonds is 9. The first-order valence-electron chi connectivity index (χ1n) is 9.25. The molecule has 0 spiro atoms. The van der Waals surface area contributed by atoms with Crippen molar-refractivity contribution in [1.82, 2.24) is 15.3 Å². The molecule has 0 radical (unpaired) electrons. The predicted molar refractivity (Wildman–Crippen MR) is 96.2 cm³/mol. The number of hydroxylamine groups is 2. The lowest BCUT2D eigenvalue weighted by Crippen LogP contribution is -2.50. The smallest absolute Gasteiger partial charge is 0.346 e. The van der Waals surface area contributed by atoms with Gasteiger partial charge in [0.2, 0.25) is 5.91 Å². The maximum atomic E-state index is 12.6. The summed E-state index contributed by atoms with van der Waals surface area (Å²) < 4.78 is 39.0. The number of hydrogen-bond donors (Lipinski definition) is 1. The number of hydrogen-bond acceptors (Lipinski definition) is 9. The van der Waals surface area contributed by atoms with Crippen molar-refractivity contribution >= 4 is 34.0 Å². The van der Waals surface area contributed by atoms with E-state index in [1.54, 1.807) is 6.92 Å². The van der Waals surface area contributed by atoms with E-state index < -0.39 is 51.3 Å². The highest BCUT2D eigenvalue weighted by molar-refractivity contribution is 7.88. The van der Waals surface area contributed by atoms with Gasteiger partial charge in [-0.05, 0) is 26.7 Å². The summed E-state index contributed by atoms with van der Waals surface area (Å²) >= 11 is 0. The standard InChI is InChI=1S/C16H25N3O9S/c1-4-13(20)27-9-17-14(21)12-7-6-11-8-18(12)16(23)19(11)28-29(24,25)10(3)15(22)26-5-2/h10-12H,4-9H2,1-3H3,(H,17,21)/t10?,11-,12+/m1/s1. The van der Waals surface area contributed by atoms with E-state index in [0.717, 1.165) is 6.92 Å². The van der Waals surface area contributed by atoms with Crippen LogP contribution >= 0.6 is 0 Å². The molecule has 13 heteroatoms. The van der Waals surface area contributed by atoms with E-state index in [1.165, 1.54) is 11.8 Å². The van der Waals surface area contributed by atoms with Crippen molar-refractivity contribution in [3.05, 3.63) is 0 Å². The SMILES string of the molecule is CCOC(=O)C(C)S(=O)(=O)ON1C(=O)N2C[C@H]1CC[C@H]2C(=O)NCOC(=O)CC. The van der Waals surface area contributed by atoms with Gasteiger partial charge in [-0.3, -0.25) is 14.4 Å². The molecule has 0 aliphatic carbocycles. The van der Waals surface area contributed by atoms with Crippen molar-refractivity contribution in [3.8, 4) is 0 Å². The van der Waals surface area contributed by atoms with E-state index in [9.17, 15) is 27.6 Å². The summed E-state index contributed by atoms with van der Waals surface area (Å²) in [5, 5.41) is 1.49. The molecule has 2 saturated heterocycles. The fourth-order valence-electron chi connectivity index (χ4n) is 2.96. The second-order valence-electron chi connectivity index (χ2n) is 6.52. The van der Waals surface area contributed by atoms with Gasteiger partial charge in [0.05, 0.1) is 12.6 Å². The number of carbonyl (C=O) groups is 4. The minimum absolute atomic E-state index is 0.00208. The maximum Gasteiger partial charge on any atom is 0.346 e. The third-order valence-electron chi connectivity index (χ3n) is 4.63. The Morgan fingerprint density at radius 1 is 1.21 bits per heavy atom. The maximum absolute atomic E-state index is 12.6. The fourth-order valence-corrected chi connectivity index (χ4v) is 3.81. The summed E-state index contributed by atoms with van der Waals surface area (Å²) in [5.41, 5.74) is 0. The van der Waals surface area contributed by atoms with Crippen LogP contribution in [0.25, 0.3) is 0 Å². The van der Waals surface area contributed by atoms with Crippen molar-refractivity contribution in [2.24, 2.45) is 0 Å². The van der Waals surface area contributed by atoms with Crippen molar-refractivity contribution in [1.29, 1.82) is 0 Å². The van der Waals surface area contributed by atoms with Gasteiger partial charge in [-0.2, -0.15) is 13.5 Å². The van der Waals surface area contributed by atoms with Crippen LogP contribution in [0.3, 0.4) is 0 Å². The van der Waals surface area contributed by atoms with Gasteiger partial charge in [-0.15, -0.1) is 4.28 Å². The third kappa shape index (κ3) is 5.15. The Balaban J connectivity index is 2.00. The van der Waals surface area contributed by atoms with Crippen LogP contribution in [0.1, 0.15) is 40.0 Å². The van der Waals surface area contributed by atoms with Gasteiger partial charge in [-0.1, -0.05) is 6.92 Å². The number of nitrogens with zero attached hydrogens (tertiary/aromatic N) is 2. The minimum Gasteiger partial charge on any atom is -0.465 e. The number of esters is 2. The van der Waals surface area contributed by atoms with E-state index in [2.05, 4.69) is 10.1 Å². The Kier molecular flexibility index (Phi) is 7.41. The van der Waals surface area contributed by atoms with Gasteiger partial charge in [-0.25, -0.2) is 4.79 Å². The van der Waals surface area contributed by atoms with Crippen LogP contribution in [0.4, 0.5) is 4.79 Å². The number of piperidine rings is 1. The van der Waals surface area contributed by atoms with Gasteiger partial charge >= 0.3 is 28.1 Å². The first-order valence-corrected chi connectivity index (χ1v) is 10.7. The predicted octanol–water partition coefficient (Wildman–Crippen LogP) is -0.505. The zero-order valence-electron chi connectivity index (χ0n) is 16.5. The zero-order chi connectivity index (χ0) is 21.8. The van der Waals surface area contributed by atoms with Gasteiger partial charge in [0.1, 0.15) is 6.04 Å². The van der Waals surface area contributed by atoms with Crippen LogP contribution in [-0.2, 0) is 38.3 Å². The monoisotopic (exact) mass is 435 g/mol. The topological polar surface area (TPSA) is 149 Å². The second kappa shape index (κ2) is 9.39. The molecule has 29 heavy (non-hydrogen) atoms. The molecule has 2 heterocycles. The van der Waals surface area contributed by atoms with Crippen LogP contribution < -0.4 is 5.32 Å². The third-order valence-corrected chi connectivity index (χ3v) is 6.06. The molecule has 3 amide bonds. The lowest BCUT2D eigenvalue weighted by molar-refractivity contribution is -0.145. The Labute approximate surface area is 168 Å². The van der Waals surface area contributed by atoms with Gasteiger partial charge in [0.25, 0.3) is 0 Å². The van der Waals surface area contributed by atoms with E-state index in [4.69, 9.17) is 9.02 Å². The van der Waals surface area contributed by atoms with Crippen LogP contribution in [0.15, 0.2) is 0 Å². The van der Waals surface area contributed by atoms with Crippen LogP contribution in [-0.4, -0.2) is 79.5 Å². The molecule has 0 aromatic rings. The molecule has 12 nitrogen and oxygen atoms in total. The lowest BCUT2D eigenvalue weighted by Gasteiger charge is -2.29. The summed E-state index contributed by atoms with van der Waals surface area (Å²) in [5.74, 6) is -1.99. The quantitative estimate of drug-likeness (QED) is 0.373. The van der Waals surface area contributed by atoms with E-state index in [-0.39, 0.29) is 32.7 Å². The summed E-state index contributed by atoms with van der Waals surface area (Å²) in [4.78, 5) is 48.9. The second-order valence-corrected chi connectivity index (χ2v) is 8.37. The highest BCUT2D eigenvalue weighted by Crippen LogP contribution is 2.31. The van der Waals surface area contributed by atoms with Crippen LogP contribution in [0, 0.1) is 0 Å². The van der Waals surface area contributed by atoms with Crippen LogP contribution in [0.2, 0.25) is 0 Å². The first kappa shape index (κ1) is 22.9. The molecule has 2 rings (SSSR count). The van der Waals surface area contributed by atoms with Gasteiger partial charge < -0.3 is 19.7 Å². The largest absolute Gasteiger partial charge is 0.465 e. The van der Waals surface area contributed by atoms with Crippen molar-refractivity contribution in [2.75, 3.05) is 19.9 Å². The molecule has 2 fully saturated rings. The number of urea groups is 1. The Hall–Kier alpha value is -2.41. The molecule has 2 aliphatic rings. The first-order chi connectivity index (χ1) is 13.6. The molecule has 164 valence electrons. The Bertz CT molecular complexity index is 770. The molecule has 0 aromatic carbocycles. The molecular weight excluding hydrogens is 410 g/mol. The molecule has 1 unspecified atom stereocenters. The molecule has 0 aromatic heterocycles.